The van der Waals surface area contributed by atoms with Crippen LogP contribution in [0.3, 0.4) is 0 Å². The second kappa shape index (κ2) is 18.6. The Kier molecular flexibility index (Phi) is 14.6. The van der Waals surface area contributed by atoms with Gasteiger partial charge in [-0.25, -0.2) is 29.0 Å². The van der Waals surface area contributed by atoms with Crippen LogP contribution in [0.5, 0.6) is 0 Å². The van der Waals surface area contributed by atoms with Crippen LogP contribution < -0.4 is 0 Å². The Morgan fingerprint density at radius 3 is 0.870 bits per heavy atom. The van der Waals surface area contributed by atoms with Crippen LogP contribution in [-0.4, -0.2) is 44.3 Å². The number of aromatic nitrogens is 9. The molecule has 0 aliphatic carbocycles. The predicted molar refractivity (Wildman–Crippen MR) is 181 cm³/mol. The molecular formula is C36H45N9Ru+3. The molecule has 0 bridgehead atoms. The average molecular weight is 705 g/mol. The minimum Gasteiger partial charge on any atom is -0.249 e. The first kappa shape index (κ1) is 36.2. The summed E-state index contributed by atoms with van der Waals surface area (Å²) in [4.78, 5) is 13.6. The SMILES string of the molecule is CCCc1nc(-c2ccccc2)n(C)n1.CCCc1nc(-c2ccccc2)n(C)n1.CCCc1nc(-c2ccccc2)n(C)n1.[Ru+3]. The molecule has 0 saturated heterocycles. The molecule has 0 amide bonds. The summed E-state index contributed by atoms with van der Waals surface area (Å²) >= 11 is 0. The van der Waals surface area contributed by atoms with E-state index in [9.17, 15) is 0 Å². The molecule has 3 aromatic carbocycles. The maximum absolute atomic E-state index is 4.52. The standard InChI is InChI=1S/3C12H15N3.Ru/c3*1-3-7-11-13-12(15(2)14-11)10-8-5-4-6-9-10;/h3*4-6,8-9H,3,7H2,1-2H3;/q;;;+3. The molecule has 1 radical (unpaired) electrons. The fraction of sp³-hybridized carbons (Fsp3) is 0.333. The number of rotatable bonds is 9. The molecule has 6 aromatic rings. The summed E-state index contributed by atoms with van der Waals surface area (Å²) in [5.41, 5.74) is 3.36. The molecule has 0 fully saturated rings. The van der Waals surface area contributed by atoms with E-state index in [1.807, 2.05) is 89.8 Å². The Hall–Kier alpha value is -4.30. The van der Waals surface area contributed by atoms with Gasteiger partial charge in [0.2, 0.25) is 0 Å². The van der Waals surface area contributed by atoms with E-state index in [0.717, 1.165) is 90.2 Å². The summed E-state index contributed by atoms with van der Waals surface area (Å²) in [5.74, 6) is 5.62. The summed E-state index contributed by atoms with van der Waals surface area (Å²) in [6.07, 6.45) is 6.08. The summed E-state index contributed by atoms with van der Waals surface area (Å²) in [5, 5.41) is 13.1. The van der Waals surface area contributed by atoms with E-state index in [1.165, 1.54) is 0 Å². The van der Waals surface area contributed by atoms with Crippen molar-refractivity contribution in [2.24, 2.45) is 21.1 Å². The fourth-order valence-electron chi connectivity index (χ4n) is 4.82. The van der Waals surface area contributed by atoms with Crippen LogP contribution in [0.15, 0.2) is 91.0 Å². The summed E-state index contributed by atoms with van der Waals surface area (Å²) in [6, 6.07) is 30.5. The molecule has 0 aliphatic heterocycles. The van der Waals surface area contributed by atoms with E-state index in [0.29, 0.717) is 0 Å². The first-order valence-corrected chi connectivity index (χ1v) is 15.8. The van der Waals surface area contributed by atoms with Crippen LogP contribution >= 0.6 is 0 Å². The van der Waals surface area contributed by atoms with Crippen LogP contribution in [0.1, 0.15) is 57.5 Å². The van der Waals surface area contributed by atoms with Crippen molar-refractivity contribution in [2.75, 3.05) is 0 Å². The Labute approximate surface area is 285 Å². The van der Waals surface area contributed by atoms with Crippen molar-refractivity contribution in [2.45, 2.75) is 59.3 Å². The van der Waals surface area contributed by atoms with Crippen molar-refractivity contribution in [1.82, 2.24) is 44.3 Å². The van der Waals surface area contributed by atoms with Crippen LogP contribution in [0.2, 0.25) is 0 Å². The van der Waals surface area contributed by atoms with Crippen LogP contribution in [-0.2, 0) is 59.9 Å². The van der Waals surface area contributed by atoms with Gasteiger partial charge in [0.05, 0.1) is 0 Å². The average Bonchev–Trinajstić information content (AvgIpc) is 3.75. The molecule has 9 nitrogen and oxygen atoms in total. The van der Waals surface area contributed by atoms with Gasteiger partial charge < -0.3 is 0 Å². The van der Waals surface area contributed by atoms with Crippen molar-refractivity contribution in [1.29, 1.82) is 0 Å². The maximum atomic E-state index is 4.52. The topological polar surface area (TPSA) is 92.1 Å². The van der Waals surface area contributed by atoms with E-state index < -0.39 is 0 Å². The molecule has 0 aliphatic rings. The van der Waals surface area contributed by atoms with Crippen molar-refractivity contribution >= 4 is 0 Å². The number of hydrogen-bond donors (Lipinski definition) is 0. The predicted octanol–water partition coefficient (Wildman–Crippen LogP) is 7.30. The summed E-state index contributed by atoms with van der Waals surface area (Å²) in [6.45, 7) is 6.41. The van der Waals surface area contributed by atoms with Crippen molar-refractivity contribution in [3.05, 3.63) is 108 Å². The van der Waals surface area contributed by atoms with E-state index in [4.69, 9.17) is 0 Å². The van der Waals surface area contributed by atoms with Gasteiger partial charge in [0.25, 0.3) is 0 Å². The summed E-state index contributed by atoms with van der Waals surface area (Å²) < 4.78 is 5.54. The number of benzene rings is 3. The molecule has 0 atom stereocenters. The molecule has 0 N–H and O–H groups in total. The number of nitrogens with zero attached hydrogens (tertiary/aromatic N) is 9. The molecule has 6 rings (SSSR count). The second-order valence-electron chi connectivity index (χ2n) is 10.8. The molecule has 0 saturated carbocycles. The smallest absolute Gasteiger partial charge is 0.249 e. The monoisotopic (exact) mass is 705 g/mol. The Balaban J connectivity index is 0.000000186. The first-order valence-electron chi connectivity index (χ1n) is 15.8. The van der Waals surface area contributed by atoms with Gasteiger partial charge in [-0.15, -0.1) is 0 Å². The van der Waals surface area contributed by atoms with Gasteiger partial charge in [-0.1, -0.05) is 112 Å². The maximum Gasteiger partial charge on any atom is 3.00 e. The number of aryl methyl sites for hydroxylation is 6. The van der Waals surface area contributed by atoms with Gasteiger partial charge in [-0.3, -0.25) is 0 Å². The largest absolute Gasteiger partial charge is 3.00 e. The van der Waals surface area contributed by atoms with Gasteiger partial charge in [-0.2, -0.15) is 15.3 Å². The molecule has 10 heteroatoms. The van der Waals surface area contributed by atoms with E-state index >= 15 is 0 Å². The van der Waals surface area contributed by atoms with Crippen LogP contribution in [0.25, 0.3) is 34.2 Å². The van der Waals surface area contributed by atoms with Crippen LogP contribution in [0.4, 0.5) is 0 Å². The zero-order valence-electron chi connectivity index (χ0n) is 27.8. The van der Waals surface area contributed by atoms with Gasteiger partial charge in [-0.05, 0) is 19.3 Å². The van der Waals surface area contributed by atoms with Crippen molar-refractivity contribution in [3.63, 3.8) is 0 Å². The molecule has 0 unspecified atom stereocenters. The van der Waals surface area contributed by atoms with E-state index in [-0.39, 0.29) is 19.5 Å². The molecular weight excluding hydrogens is 660 g/mol. The molecule has 3 aromatic heterocycles. The summed E-state index contributed by atoms with van der Waals surface area (Å²) in [7, 11) is 5.82. The third kappa shape index (κ3) is 10.1. The third-order valence-electron chi connectivity index (χ3n) is 6.94. The molecule has 0 spiro atoms. The Morgan fingerprint density at radius 1 is 0.413 bits per heavy atom. The fourth-order valence-corrected chi connectivity index (χ4v) is 4.82. The molecule has 46 heavy (non-hydrogen) atoms. The van der Waals surface area contributed by atoms with E-state index in [2.05, 4.69) is 87.4 Å². The molecule has 3 heterocycles. The zero-order chi connectivity index (χ0) is 32.0. The van der Waals surface area contributed by atoms with Crippen molar-refractivity contribution < 1.29 is 19.5 Å². The van der Waals surface area contributed by atoms with Gasteiger partial charge in [0, 0.05) is 57.1 Å². The normalized spacial score (nSPS) is 10.3. The van der Waals surface area contributed by atoms with Crippen LogP contribution in [0, 0.1) is 0 Å². The molecule has 239 valence electrons. The van der Waals surface area contributed by atoms with Crippen molar-refractivity contribution in [3.8, 4) is 34.2 Å². The Morgan fingerprint density at radius 2 is 0.652 bits per heavy atom. The minimum absolute atomic E-state index is 0. The van der Waals surface area contributed by atoms with Gasteiger partial charge in [0.1, 0.15) is 0 Å². The first-order chi connectivity index (χ1) is 21.9. The minimum atomic E-state index is 0. The number of hydrogen-bond acceptors (Lipinski definition) is 6. The third-order valence-corrected chi connectivity index (χ3v) is 6.94. The quantitative estimate of drug-likeness (QED) is 0.147. The van der Waals surface area contributed by atoms with E-state index in [1.54, 1.807) is 0 Å². The second-order valence-corrected chi connectivity index (χ2v) is 10.8. The van der Waals surface area contributed by atoms with Gasteiger partial charge in [0.15, 0.2) is 34.9 Å². The van der Waals surface area contributed by atoms with Gasteiger partial charge >= 0.3 is 19.5 Å². The zero-order valence-corrected chi connectivity index (χ0v) is 29.5. The Bertz CT molecular complexity index is 1500.